The molecule has 0 amide bonds. The topological polar surface area (TPSA) is 38.3 Å². The highest BCUT2D eigenvalue weighted by Gasteiger charge is 2.31. The lowest BCUT2D eigenvalue weighted by atomic mass is 10.1. The molecule has 102 valence electrons. The van der Waals surface area contributed by atoms with Crippen LogP contribution in [-0.2, 0) is 21.5 Å². The molecule has 0 bridgehead atoms. The van der Waals surface area contributed by atoms with Crippen LogP contribution in [-0.4, -0.2) is 13.1 Å². The standard InChI is InChI=1S/C12H10F3NO2S/c1-18-11(17)10-5-16-9-3-2-8(12(13,14)15)4-7(9)6-19-10/h2-5,16H,6H2,1H3. The number of nitrogens with one attached hydrogen (secondary N) is 1. The zero-order chi connectivity index (χ0) is 14.0. The molecule has 3 nitrogen and oxygen atoms in total. The summed E-state index contributed by atoms with van der Waals surface area (Å²) < 4.78 is 42.4. The SMILES string of the molecule is COC(=O)C1=CNc2ccc(C(F)(F)F)cc2CS1. The van der Waals surface area contributed by atoms with E-state index in [2.05, 4.69) is 10.1 Å². The van der Waals surface area contributed by atoms with E-state index < -0.39 is 17.7 Å². The van der Waals surface area contributed by atoms with Crippen molar-refractivity contribution in [1.29, 1.82) is 0 Å². The Kier molecular flexibility index (Phi) is 3.75. The molecule has 0 aliphatic carbocycles. The van der Waals surface area contributed by atoms with Crippen molar-refractivity contribution in [2.45, 2.75) is 11.9 Å². The van der Waals surface area contributed by atoms with Crippen LogP contribution < -0.4 is 5.32 Å². The quantitative estimate of drug-likeness (QED) is 0.804. The molecule has 1 aliphatic heterocycles. The van der Waals surface area contributed by atoms with Crippen molar-refractivity contribution in [1.82, 2.24) is 0 Å². The molecule has 0 atom stereocenters. The summed E-state index contributed by atoms with van der Waals surface area (Å²) in [6.07, 6.45) is -2.93. The van der Waals surface area contributed by atoms with Gasteiger partial charge < -0.3 is 10.1 Å². The number of carbonyl (C=O) groups excluding carboxylic acids is 1. The first-order valence-corrected chi connectivity index (χ1v) is 6.28. The van der Waals surface area contributed by atoms with E-state index in [1.807, 2.05) is 0 Å². The average molecular weight is 289 g/mol. The summed E-state index contributed by atoms with van der Waals surface area (Å²) >= 11 is 1.14. The maximum absolute atomic E-state index is 12.6. The third-order valence-corrected chi connectivity index (χ3v) is 3.61. The largest absolute Gasteiger partial charge is 0.465 e. The Morgan fingerprint density at radius 3 is 2.79 bits per heavy atom. The first-order valence-electron chi connectivity index (χ1n) is 5.30. The molecule has 0 saturated carbocycles. The Labute approximate surface area is 111 Å². The smallest absolute Gasteiger partial charge is 0.416 e. The van der Waals surface area contributed by atoms with Crippen molar-refractivity contribution in [3.63, 3.8) is 0 Å². The third kappa shape index (κ3) is 3.04. The predicted octanol–water partition coefficient (Wildman–Crippen LogP) is 3.38. The highest BCUT2D eigenvalue weighted by Crippen LogP contribution is 2.35. The molecular weight excluding hydrogens is 279 g/mol. The molecule has 19 heavy (non-hydrogen) atoms. The van der Waals surface area contributed by atoms with Gasteiger partial charge in [-0.2, -0.15) is 13.2 Å². The van der Waals surface area contributed by atoms with Crippen molar-refractivity contribution in [3.05, 3.63) is 40.4 Å². The molecule has 0 spiro atoms. The number of benzene rings is 1. The minimum Gasteiger partial charge on any atom is -0.465 e. The lowest BCUT2D eigenvalue weighted by molar-refractivity contribution is -0.137. The normalized spacial score (nSPS) is 14.8. The minimum absolute atomic E-state index is 0.271. The van der Waals surface area contributed by atoms with E-state index in [1.165, 1.54) is 19.4 Å². The third-order valence-electron chi connectivity index (χ3n) is 2.56. The number of carbonyl (C=O) groups is 1. The van der Waals surface area contributed by atoms with Crippen LogP contribution in [0.25, 0.3) is 0 Å². The van der Waals surface area contributed by atoms with Gasteiger partial charge in [-0.25, -0.2) is 4.79 Å². The number of thioether (sulfide) groups is 1. The predicted molar refractivity (Wildman–Crippen MR) is 66.5 cm³/mol. The zero-order valence-electron chi connectivity index (χ0n) is 9.88. The Balaban J connectivity index is 2.27. The second kappa shape index (κ2) is 5.16. The summed E-state index contributed by atoms with van der Waals surface area (Å²) in [6, 6.07) is 3.45. The molecule has 1 heterocycles. The van der Waals surface area contributed by atoms with Crippen molar-refractivity contribution in [3.8, 4) is 0 Å². The molecule has 2 rings (SSSR count). The number of hydrogen-bond donors (Lipinski definition) is 1. The number of methoxy groups -OCH3 is 1. The average Bonchev–Trinajstić information content (AvgIpc) is 2.58. The summed E-state index contributed by atoms with van der Waals surface area (Å²) in [5, 5.41) is 2.82. The lowest BCUT2D eigenvalue weighted by Gasteiger charge is -2.11. The van der Waals surface area contributed by atoms with Crippen LogP contribution in [0.3, 0.4) is 0 Å². The summed E-state index contributed by atoms with van der Waals surface area (Å²) in [7, 11) is 1.25. The molecule has 7 heteroatoms. The van der Waals surface area contributed by atoms with Crippen molar-refractivity contribution < 1.29 is 22.7 Å². The Morgan fingerprint density at radius 1 is 1.42 bits per heavy atom. The van der Waals surface area contributed by atoms with E-state index in [0.29, 0.717) is 16.2 Å². The molecule has 0 fully saturated rings. The monoisotopic (exact) mass is 289 g/mol. The van der Waals surface area contributed by atoms with Gasteiger partial charge in [0.1, 0.15) is 4.91 Å². The fourth-order valence-corrected chi connectivity index (χ4v) is 2.48. The molecule has 0 aromatic heterocycles. The number of fused-ring (bicyclic) bond motifs is 1. The van der Waals surface area contributed by atoms with E-state index in [4.69, 9.17) is 0 Å². The number of alkyl halides is 3. The number of anilines is 1. The number of halogens is 3. The van der Waals surface area contributed by atoms with Gasteiger partial charge in [0.05, 0.1) is 12.7 Å². The summed E-state index contributed by atoms with van der Waals surface area (Å²) in [5.74, 6) is -0.242. The van der Waals surface area contributed by atoms with E-state index in [9.17, 15) is 18.0 Å². The van der Waals surface area contributed by atoms with Gasteiger partial charge in [-0.05, 0) is 23.8 Å². The van der Waals surface area contributed by atoms with Gasteiger partial charge in [0.2, 0.25) is 0 Å². The van der Waals surface area contributed by atoms with Gasteiger partial charge in [-0.1, -0.05) is 0 Å². The van der Waals surface area contributed by atoms with Crippen molar-refractivity contribution in [2.75, 3.05) is 12.4 Å². The minimum atomic E-state index is -4.37. The van der Waals surface area contributed by atoms with Gasteiger partial charge in [-0.3, -0.25) is 0 Å². The van der Waals surface area contributed by atoms with Crippen LogP contribution in [0.2, 0.25) is 0 Å². The van der Waals surface area contributed by atoms with Crippen molar-refractivity contribution in [2.24, 2.45) is 0 Å². The molecular formula is C12H10F3NO2S. The maximum atomic E-state index is 12.6. The summed E-state index contributed by atoms with van der Waals surface area (Å²) in [6.45, 7) is 0. The van der Waals surface area contributed by atoms with Gasteiger partial charge in [0, 0.05) is 17.6 Å². The zero-order valence-corrected chi connectivity index (χ0v) is 10.7. The molecule has 1 aliphatic rings. The molecule has 1 aromatic rings. The second-order valence-electron chi connectivity index (χ2n) is 3.80. The lowest BCUT2D eigenvalue weighted by Crippen LogP contribution is -2.06. The number of esters is 1. The highest BCUT2D eigenvalue weighted by atomic mass is 32.2. The van der Waals surface area contributed by atoms with Crippen LogP contribution in [0, 0.1) is 0 Å². The molecule has 1 N–H and O–H groups in total. The number of rotatable bonds is 1. The van der Waals surface area contributed by atoms with E-state index in [-0.39, 0.29) is 5.75 Å². The number of hydrogen-bond acceptors (Lipinski definition) is 4. The Morgan fingerprint density at radius 2 is 2.16 bits per heavy atom. The van der Waals surface area contributed by atoms with Crippen LogP contribution in [0.5, 0.6) is 0 Å². The summed E-state index contributed by atoms with van der Waals surface area (Å²) in [5.41, 5.74) is 0.351. The van der Waals surface area contributed by atoms with Crippen LogP contribution in [0.15, 0.2) is 29.3 Å². The molecule has 1 aromatic carbocycles. The maximum Gasteiger partial charge on any atom is 0.416 e. The Bertz CT molecular complexity index is 540. The highest BCUT2D eigenvalue weighted by molar-refractivity contribution is 8.03. The second-order valence-corrected chi connectivity index (χ2v) is 4.82. The van der Waals surface area contributed by atoms with Gasteiger partial charge in [-0.15, -0.1) is 11.8 Å². The van der Waals surface area contributed by atoms with Crippen LogP contribution in [0.4, 0.5) is 18.9 Å². The number of ether oxygens (including phenoxy) is 1. The van der Waals surface area contributed by atoms with E-state index in [1.54, 1.807) is 0 Å². The first-order chi connectivity index (χ1) is 8.91. The molecule has 0 unspecified atom stereocenters. The molecule has 0 saturated heterocycles. The van der Waals surface area contributed by atoms with Gasteiger partial charge >= 0.3 is 12.1 Å². The first kappa shape index (κ1) is 13.8. The van der Waals surface area contributed by atoms with E-state index >= 15 is 0 Å². The Hall–Kier alpha value is -1.63. The van der Waals surface area contributed by atoms with Crippen LogP contribution in [0.1, 0.15) is 11.1 Å². The van der Waals surface area contributed by atoms with Gasteiger partial charge in [0.25, 0.3) is 0 Å². The van der Waals surface area contributed by atoms with Gasteiger partial charge in [0.15, 0.2) is 0 Å². The molecule has 0 radical (unpaired) electrons. The summed E-state index contributed by atoms with van der Waals surface area (Å²) in [4.78, 5) is 11.7. The fourth-order valence-electron chi connectivity index (χ4n) is 1.59. The van der Waals surface area contributed by atoms with E-state index in [0.717, 1.165) is 23.9 Å². The fraction of sp³-hybridized carbons (Fsp3) is 0.250. The van der Waals surface area contributed by atoms with Crippen LogP contribution >= 0.6 is 11.8 Å². The van der Waals surface area contributed by atoms with Crippen molar-refractivity contribution >= 4 is 23.4 Å².